The zero-order valence-electron chi connectivity index (χ0n) is 18.9. The smallest absolute Gasteiger partial charge is 0.290 e. The molecule has 0 unspecified atom stereocenters. The Morgan fingerprint density at radius 3 is 2.71 bits per heavy atom. The summed E-state index contributed by atoms with van der Waals surface area (Å²) < 4.78 is 15.6. The Kier molecular flexibility index (Phi) is 7.67. The highest BCUT2D eigenvalue weighted by molar-refractivity contribution is 5.59. The fraction of sp³-hybridized carbons (Fsp3) is 0.280. The van der Waals surface area contributed by atoms with Crippen molar-refractivity contribution in [2.24, 2.45) is 5.92 Å². The Bertz CT molecular complexity index is 1180. The van der Waals surface area contributed by atoms with Crippen molar-refractivity contribution in [1.29, 1.82) is 0 Å². The fourth-order valence-corrected chi connectivity index (χ4v) is 4.33. The maximum Gasteiger partial charge on any atom is 0.290 e. The lowest BCUT2D eigenvalue weighted by atomic mass is 9.95. The van der Waals surface area contributed by atoms with Gasteiger partial charge in [-0.3, -0.25) is 14.5 Å². The Hall–Kier alpha value is -3.98. The zero-order chi connectivity index (χ0) is 23.8. The minimum atomic E-state index is -0.250. The van der Waals surface area contributed by atoms with E-state index in [1.165, 1.54) is 5.56 Å². The molecule has 0 bridgehead atoms. The lowest BCUT2D eigenvalue weighted by molar-refractivity contribution is -0.122. The topological polar surface area (TPSA) is 104 Å². The van der Waals surface area contributed by atoms with Crippen molar-refractivity contribution >= 4 is 6.47 Å². The minimum absolute atomic E-state index is 0.238. The molecule has 0 radical (unpaired) electrons. The molecule has 3 aromatic heterocycles. The molecule has 1 aromatic carbocycles. The SMILES string of the molecule is COc1ccc(-c2nccn2[C@@H]2COC[C@@H]2Cc2ccncc2)cc1Cn1cccn1.O=CO. The number of aromatic nitrogens is 5. The number of nitrogens with zero attached hydrogens (tertiary/aromatic N) is 5. The molecule has 0 saturated carbocycles. The summed E-state index contributed by atoms with van der Waals surface area (Å²) in [5.74, 6) is 2.17. The van der Waals surface area contributed by atoms with Crippen molar-refractivity contribution in [3.63, 3.8) is 0 Å². The second-order valence-electron chi connectivity index (χ2n) is 7.92. The Balaban J connectivity index is 0.000000868. The molecule has 1 fully saturated rings. The molecular formula is C25H27N5O4. The van der Waals surface area contributed by atoms with E-state index < -0.39 is 0 Å². The Labute approximate surface area is 197 Å². The molecule has 9 heteroatoms. The van der Waals surface area contributed by atoms with Gasteiger partial charge >= 0.3 is 0 Å². The molecule has 4 heterocycles. The molecule has 1 aliphatic heterocycles. The van der Waals surface area contributed by atoms with Gasteiger partial charge in [0.15, 0.2) is 0 Å². The van der Waals surface area contributed by atoms with Gasteiger partial charge < -0.3 is 19.1 Å². The first-order valence-corrected chi connectivity index (χ1v) is 11.0. The van der Waals surface area contributed by atoms with Gasteiger partial charge in [-0.25, -0.2) is 4.98 Å². The van der Waals surface area contributed by atoms with E-state index in [-0.39, 0.29) is 12.5 Å². The molecular weight excluding hydrogens is 434 g/mol. The molecule has 1 aliphatic rings. The molecule has 0 amide bonds. The van der Waals surface area contributed by atoms with Gasteiger partial charge in [0.25, 0.3) is 6.47 Å². The van der Waals surface area contributed by atoms with Crippen LogP contribution in [-0.4, -0.2) is 56.2 Å². The number of benzene rings is 1. The van der Waals surface area contributed by atoms with E-state index in [0.717, 1.165) is 35.7 Å². The van der Waals surface area contributed by atoms with E-state index in [1.807, 2.05) is 41.6 Å². The molecule has 1 N–H and O–H groups in total. The van der Waals surface area contributed by atoms with Crippen LogP contribution in [0.5, 0.6) is 5.75 Å². The summed E-state index contributed by atoms with van der Waals surface area (Å²) in [6.45, 7) is 1.83. The van der Waals surface area contributed by atoms with Crippen LogP contribution in [0.3, 0.4) is 0 Å². The summed E-state index contributed by atoms with van der Waals surface area (Å²) in [5, 5.41) is 11.2. The van der Waals surface area contributed by atoms with Crippen molar-refractivity contribution < 1.29 is 19.4 Å². The van der Waals surface area contributed by atoms with Gasteiger partial charge in [-0.2, -0.15) is 5.10 Å². The third kappa shape index (κ3) is 5.32. The Morgan fingerprint density at radius 1 is 1.15 bits per heavy atom. The van der Waals surface area contributed by atoms with Crippen molar-refractivity contribution in [2.75, 3.05) is 20.3 Å². The lowest BCUT2D eigenvalue weighted by Gasteiger charge is -2.21. The summed E-state index contributed by atoms with van der Waals surface area (Å²) in [4.78, 5) is 17.2. The molecule has 176 valence electrons. The van der Waals surface area contributed by atoms with Gasteiger partial charge in [-0.1, -0.05) is 0 Å². The zero-order valence-corrected chi connectivity index (χ0v) is 18.9. The predicted octanol–water partition coefficient (Wildman–Crippen LogP) is 3.33. The number of imidazole rings is 1. The monoisotopic (exact) mass is 461 g/mol. The number of pyridine rings is 1. The lowest BCUT2D eigenvalue weighted by Crippen LogP contribution is -2.20. The fourth-order valence-electron chi connectivity index (χ4n) is 4.33. The van der Waals surface area contributed by atoms with Crippen LogP contribution in [0.15, 0.2) is 73.6 Å². The second kappa shape index (κ2) is 11.2. The van der Waals surface area contributed by atoms with Crippen LogP contribution in [-0.2, 0) is 22.5 Å². The number of carbonyl (C=O) groups is 1. The van der Waals surface area contributed by atoms with Crippen molar-refractivity contribution in [3.8, 4) is 17.1 Å². The first-order valence-electron chi connectivity index (χ1n) is 11.0. The summed E-state index contributed by atoms with van der Waals surface area (Å²) >= 11 is 0. The van der Waals surface area contributed by atoms with Crippen LogP contribution in [0.1, 0.15) is 17.2 Å². The highest BCUT2D eigenvalue weighted by Crippen LogP contribution is 2.34. The molecule has 0 spiro atoms. The number of rotatable bonds is 7. The molecule has 4 aromatic rings. The summed E-state index contributed by atoms with van der Waals surface area (Å²) in [7, 11) is 1.70. The minimum Gasteiger partial charge on any atom is -0.496 e. The van der Waals surface area contributed by atoms with E-state index in [9.17, 15) is 0 Å². The van der Waals surface area contributed by atoms with Crippen LogP contribution in [0.4, 0.5) is 0 Å². The summed E-state index contributed by atoms with van der Waals surface area (Å²) in [5.41, 5.74) is 3.40. The van der Waals surface area contributed by atoms with E-state index >= 15 is 0 Å². The third-order valence-electron chi connectivity index (χ3n) is 5.87. The van der Waals surface area contributed by atoms with Crippen molar-refractivity contribution in [2.45, 2.75) is 19.0 Å². The van der Waals surface area contributed by atoms with Crippen LogP contribution < -0.4 is 4.74 Å². The van der Waals surface area contributed by atoms with Gasteiger partial charge in [-0.15, -0.1) is 0 Å². The van der Waals surface area contributed by atoms with Gasteiger partial charge in [0.1, 0.15) is 11.6 Å². The highest BCUT2D eigenvalue weighted by atomic mass is 16.5. The van der Waals surface area contributed by atoms with E-state index in [0.29, 0.717) is 19.1 Å². The van der Waals surface area contributed by atoms with E-state index in [2.05, 4.69) is 45.1 Å². The first kappa shape index (κ1) is 23.2. The standard InChI is InChI=1S/C24H25N5O2.CH2O2/c1-30-23-4-3-19(14-20(23)15-28-11-2-7-27-28)24-26-10-12-29(24)22-17-31-16-21(22)13-18-5-8-25-9-6-18;2-1-3/h2-12,14,21-22H,13,15-17H2,1H3;1H,(H,2,3)/t21-,22+;/m0./s1. The average Bonchev–Trinajstić information content (AvgIpc) is 3.62. The van der Waals surface area contributed by atoms with Crippen LogP contribution in [0.2, 0.25) is 0 Å². The van der Waals surface area contributed by atoms with Gasteiger partial charge in [0.2, 0.25) is 0 Å². The normalized spacial score (nSPS) is 17.1. The van der Waals surface area contributed by atoms with Crippen molar-refractivity contribution in [1.82, 2.24) is 24.3 Å². The molecule has 2 atom stereocenters. The molecule has 5 rings (SSSR count). The van der Waals surface area contributed by atoms with Crippen LogP contribution in [0.25, 0.3) is 11.4 Å². The third-order valence-corrected chi connectivity index (χ3v) is 5.87. The maximum atomic E-state index is 8.36. The van der Waals surface area contributed by atoms with Crippen LogP contribution >= 0.6 is 0 Å². The molecule has 34 heavy (non-hydrogen) atoms. The van der Waals surface area contributed by atoms with Crippen LogP contribution in [0, 0.1) is 5.92 Å². The molecule has 9 nitrogen and oxygen atoms in total. The summed E-state index contributed by atoms with van der Waals surface area (Å²) in [6, 6.07) is 12.5. The largest absolute Gasteiger partial charge is 0.496 e. The number of methoxy groups -OCH3 is 1. The van der Waals surface area contributed by atoms with Gasteiger partial charge in [-0.05, 0) is 48.4 Å². The van der Waals surface area contributed by atoms with Gasteiger partial charge in [0, 0.05) is 54.2 Å². The maximum absolute atomic E-state index is 8.36. The first-order chi connectivity index (χ1) is 16.7. The highest BCUT2D eigenvalue weighted by Gasteiger charge is 2.31. The quantitative estimate of drug-likeness (QED) is 0.421. The molecule has 0 aliphatic carbocycles. The van der Waals surface area contributed by atoms with E-state index in [1.54, 1.807) is 13.3 Å². The predicted molar refractivity (Wildman–Crippen MR) is 126 cm³/mol. The number of carboxylic acid groups (broad SMARTS) is 1. The average molecular weight is 462 g/mol. The number of hydrogen-bond donors (Lipinski definition) is 1. The van der Waals surface area contributed by atoms with Gasteiger partial charge in [0.05, 0.1) is 32.9 Å². The number of ether oxygens (including phenoxy) is 2. The summed E-state index contributed by atoms with van der Waals surface area (Å²) in [6.07, 6.45) is 12.3. The molecule has 1 saturated heterocycles. The Morgan fingerprint density at radius 2 is 1.97 bits per heavy atom. The van der Waals surface area contributed by atoms with Crippen molar-refractivity contribution in [3.05, 3.63) is 84.7 Å². The second-order valence-corrected chi connectivity index (χ2v) is 7.92. The number of hydrogen-bond acceptors (Lipinski definition) is 6. The van der Waals surface area contributed by atoms with E-state index in [4.69, 9.17) is 24.4 Å².